The molecule has 0 N–H and O–H groups in total. The normalized spacial score (nSPS) is 24.8. The molecule has 0 radical (unpaired) electrons. The molecule has 4 aromatic rings. The van der Waals surface area contributed by atoms with Crippen LogP contribution in [0, 0.1) is 22.5 Å². The lowest BCUT2D eigenvalue weighted by Crippen LogP contribution is -2.63. The smallest absolute Gasteiger partial charge is 0.339 e. The van der Waals surface area contributed by atoms with Gasteiger partial charge in [-0.3, -0.25) is 29.6 Å². The Labute approximate surface area is 469 Å². The number of nitrogens with zero attached hydrogens (tertiary/aromatic N) is 5. The molecule has 4 aromatic carbocycles. The molecule has 21 heteroatoms. The third-order valence-corrected chi connectivity index (χ3v) is 22.1. The summed E-state index contributed by atoms with van der Waals surface area (Å²) in [6.45, 7) is 18.8. The molecule has 10 rings (SSSR count). The van der Waals surface area contributed by atoms with Gasteiger partial charge in [0.25, 0.3) is 15.7 Å². The predicted octanol–water partition coefficient (Wildman–Crippen LogP) is 9.34. The number of methoxy groups -OCH3 is 2. The van der Waals surface area contributed by atoms with Crippen molar-refractivity contribution in [3.05, 3.63) is 143 Å². The molecule has 0 amide bonds. The number of fused-ring (bicyclic) bond motifs is 4. The van der Waals surface area contributed by atoms with E-state index >= 15 is 8.42 Å². The van der Waals surface area contributed by atoms with Gasteiger partial charge in [-0.2, -0.15) is 12.7 Å². The molecular weight excluding hydrogens is 1080 g/mol. The predicted molar refractivity (Wildman–Crippen MR) is 306 cm³/mol. The Bertz CT molecular complexity index is 3470. The fourth-order valence-electron chi connectivity index (χ4n) is 13.9. The molecule has 3 fully saturated rings. The Morgan fingerprint density at radius 2 is 1.66 bits per heavy atom. The van der Waals surface area contributed by atoms with Crippen molar-refractivity contribution in [1.82, 2.24) is 9.21 Å². The van der Waals surface area contributed by atoms with Crippen LogP contribution in [0.2, 0.25) is 25.7 Å². The molecule has 6 atom stereocenters. The SMILES string of the molecule is C=CCOc1c([C@@]23CCN(S(=O)(=O)c4ccccc4[N+](=O)[O-])[C@H](CCC(=O)OC)C2=Nc2c(OS(=O)(=O)c4ccc(C)cc4)cccc23)cc2c(c1OC)N(CC=C)[C@@H]1C=C[C@@]3(CC(=O)OCC[Si](C)(C)C)CCCN4CC[C@@]21[C@H]43. The maximum atomic E-state index is 15.4. The monoisotopic (exact) mass is 1150 g/mol. The molecule has 6 aliphatic rings. The van der Waals surface area contributed by atoms with E-state index in [4.69, 9.17) is 28.1 Å². The Kier molecular flexibility index (Phi) is 15.1. The highest BCUT2D eigenvalue weighted by Crippen LogP contribution is 2.68. The van der Waals surface area contributed by atoms with E-state index in [0.717, 1.165) is 59.2 Å². The van der Waals surface area contributed by atoms with Crippen molar-refractivity contribution in [2.45, 2.75) is 116 Å². The number of aliphatic imine (C=N–C) groups is 1. The van der Waals surface area contributed by atoms with Crippen LogP contribution in [0.15, 0.2) is 125 Å². The number of ether oxygens (including phenoxy) is 4. The molecule has 424 valence electrons. The van der Waals surface area contributed by atoms with Gasteiger partial charge in [0.2, 0.25) is 0 Å². The highest BCUT2D eigenvalue weighted by Gasteiger charge is 2.68. The Morgan fingerprint density at radius 1 is 0.900 bits per heavy atom. The summed E-state index contributed by atoms with van der Waals surface area (Å²) >= 11 is 0. The molecule has 0 saturated carbocycles. The average Bonchev–Trinajstić information content (AvgIpc) is 3.76. The number of nitro benzene ring substituents is 1. The first-order valence-electron chi connectivity index (χ1n) is 27.1. The molecule has 1 spiro atoms. The molecule has 5 aliphatic heterocycles. The standard InChI is InChI=1S/C59H69N5O13S2Si/c1-9-30-62-48-25-27-57(38-50(66)75-35-36-80(6,7)8)26-14-31-61-32-28-59(48,56(57)61)42-37-43(53(76-34-10-2)54(74-5)52(42)62)58-29-33-63(78(69,70)47-18-12-11-16-44(47)64(67)68)45(23-24-49(65)73-4)55(58)60-51-41(58)15-13-17-46(51)77-79(71,72)40-21-19-39(3)20-22-40/h9-13,15-22,25,27,37,45,48,56H,1-2,14,23-24,26,28-36,38H2,3-8H3/t45-,48-,56-,57-,58+,59-/m1/s1. The minimum absolute atomic E-state index is 0.00524. The fraction of sp³-hybridized carbons (Fsp3) is 0.441. The van der Waals surface area contributed by atoms with Gasteiger partial charge in [-0.25, -0.2) is 8.42 Å². The van der Waals surface area contributed by atoms with Gasteiger partial charge in [0.1, 0.15) is 17.2 Å². The number of hydrogen-bond acceptors (Lipinski definition) is 16. The second-order valence-electron chi connectivity index (χ2n) is 22.9. The lowest BCUT2D eigenvalue weighted by atomic mass is 9.54. The molecule has 0 unspecified atom stereocenters. The first-order chi connectivity index (χ1) is 38.1. The number of nitro groups is 1. The quantitative estimate of drug-likeness (QED) is 0.0190. The number of rotatable bonds is 21. The number of benzene rings is 4. The van der Waals surface area contributed by atoms with Gasteiger partial charge < -0.3 is 28.0 Å². The zero-order valence-electron chi connectivity index (χ0n) is 46.1. The lowest BCUT2D eigenvalue weighted by molar-refractivity contribution is -0.387. The van der Waals surface area contributed by atoms with Gasteiger partial charge in [-0.05, 0) is 99.6 Å². The van der Waals surface area contributed by atoms with Crippen molar-refractivity contribution in [3.8, 4) is 17.2 Å². The van der Waals surface area contributed by atoms with Crippen LogP contribution in [0.3, 0.4) is 0 Å². The zero-order valence-corrected chi connectivity index (χ0v) is 48.8. The number of carbonyl (C=O) groups excluding carboxylic acids is 2. The van der Waals surface area contributed by atoms with Gasteiger partial charge in [-0.1, -0.05) is 92.5 Å². The van der Waals surface area contributed by atoms with E-state index in [1.807, 2.05) is 19.1 Å². The number of sulfonamides is 1. The van der Waals surface area contributed by atoms with Crippen molar-refractivity contribution in [1.29, 1.82) is 0 Å². The summed E-state index contributed by atoms with van der Waals surface area (Å²) < 4.78 is 91.3. The van der Waals surface area contributed by atoms with E-state index < -0.39 is 72.0 Å². The van der Waals surface area contributed by atoms with E-state index in [2.05, 4.69) is 60.8 Å². The summed E-state index contributed by atoms with van der Waals surface area (Å²) in [5, 5.41) is 12.6. The summed E-state index contributed by atoms with van der Waals surface area (Å²) in [7, 11) is -8.02. The van der Waals surface area contributed by atoms with Crippen molar-refractivity contribution in [3.63, 3.8) is 0 Å². The second kappa shape index (κ2) is 21.3. The largest absolute Gasteiger partial charge is 0.491 e. The van der Waals surface area contributed by atoms with Gasteiger partial charge >= 0.3 is 22.1 Å². The lowest BCUT2D eigenvalue weighted by Gasteiger charge is -2.55. The van der Waals surface area contributed by atoms with Crippen LogP contribution in [0.5, 0.6) is 17.2 Å². The number of piperidine rings is 2. The van der Waals surface area contributed by atoms with Crippen molar-refractivity contribution in [2.75, 3.05) is 58.5 Å². The number of esters is 2. The molecular formula is C59H69N5O13S2Si. The number of hydrogen-bond donors (Lipinski definition) is 0. The Balaban J connectivity index is 1.24. The van der Waals surface area contributed by atoms with Crippen molar-refractivity contribution >= 4 is 62.9 Å². The molecule has 0 bridgehead atoms. The molecule has 3 saturated heterocycles. The highest BCUT2D eigenvalue weighted by atomic mass is 32.2. The number of para-hydroxylation sites is 2. The number of aryl methyl sites for hydroxylation is 1. The molecule has 80 heavy (non-hydrogen) atoms. The van der Waals surface area contributed by atoms with E-state index in [1.165, 1.54) is 43.5 Å². The fourth-order valence-corrected chi connectivity index (χ4v) is 17.3. The van der Waals surface area contributed by atoms with E-state index in [9.17, 15) is 28.1 Å². The summed E-state index contributed by atoms with van der Waals surface area (Å²) in [4.78, 5) is 48.8. The van der Waals surface area contributed by atoms with Gasteiger partial charge in [0.15, 0.2) is 22.1 Å². The zero-order chi connectivity index (χ0) is 57.2. The minimum atomic E-state index is -4.79. The third-order valence-electron chi connectivity index (χ3n) is 17.2. The van der Waals surface area contributed by atoms with Crippen LogP contribution in [0.4, 0.5) is 17.1 Å². The summed E-state index contributed by atoms with van der Waals surface area (Å²) in [6.07, 6.45) is 9.87. The third kappa shape index (κ3) is 9.35. The van der Waals surface area contributed by atoms with E-state index in [0.29, 0.717) is 36.4 Å². The minimum Gasteiger partial charge on any atom is -0.491 e. The van der Waals surface area contributed by atoms with Crippen molar-refractivity contribution in [2.24, 2.45) is 10.4 Å². The van der Waals surface area contributed by atoms with E-state index in [1.54, 1.807) is 31.4 Å². The van der Waals surface area contributed by atoms with Crippen LogP contribution >= 0.6 is 0 Å². The average molecular weight is 1150 g/mol. The van der Waals surface area contributed by atoms with Gasteiger partial charge in [-0.15, -0.1) is 6.58 Å². The van der Waals surface area contributed by atoms with Crippen LogP contribution in [0.1, 0.15) is 67.2 Å². The Hall–Kier alpha value is -6.65. The topological polar surface area (TPSA) is 214 Å². The molecule has 5 heterocycles. The van der Waals surface area contributed by atoms with Gasteiger partial charge in [0, 0.05) is 56.1 Å². The maximum absolute atomic E-state index is 15.4. The highest BCUT2D eigenvalue weighted by molar-refractivity contribution is 7.89. The first-order valence-corrected chi connectivity index (χ1v) is 33.7. The van der Waals surface area contributed by atoms with Gasteiger partial charge in [0.05, 0.1) is 61.1 Å². The number of carbonyl (C=O) groups is 2. The first kappa shape index (κ1) is 56.6. The van der Waals surface area contributed by atoms with E-state index in [-0.39, 0.29) is 84.7 Å². The van der Waals surface area contributed by atoms with Crippen LogP contribution < -0.4 is 18.6 Å². The maximum Gasteiger partial charge on any atom is 0.339 e. The van der Waals surface area contributed by atoms with Crippen LogP contribution in [-0.2, 0) is 50.0 Å². The summed E-state index contributed by atoms with van der Waals surface area (Å²) in [6, 6.07) is 17.5. The summed E-state index contributed by atoms with van der Waals surface area (Å²) in [5.74, 6) is -0.373. The van der Waals surface area contributed by atoms with Crippen LogP contribution in [-0.4, -0.2) is 128 Å². The molecule has 0 aromatic heterocycles. The van der Waals surface area contributed by atoms with Crippen LogP contribution in [0.25, 0.3) is 0 Å². The molecule has 1 aliphatic carbocycles. The summed E-state index contributed by atoms with van der Waals surface area (Å²) in [5.41, 5.74) is 0.325. The second-order valence-corrected chi connectivity index (χ2v) is 32.0. The Morgan fingerprint density at radius 3 is 2.36 bits per heavy atom. The number of anilines is 1. The molecule has 18 nitrogen and oxygen atoms in total. The van der Waals surface area contributed by atoms with Crippen molar-refractivity contribution < 1.29 is 54.5 Å².